The second kappa shape index (κ2) is 10.1. The molecule has 0 saturated carbocycles. The number of benzene rings is 2. The maximum absolute atomic E-state index is 15.1. The molecule has 0 amide bonds. The van der Waals surface area contributed by atoms with E-state index in [4.69, 9.17) is 0 Å². The van der Waals surface area contributed by atoms with Gasteiger partial charge in [-0.1, -0.05) is 67.5 Å². The highest BCUT2D eigenvalue weighted by Crippen LogP contribution is 2.58. The maximum atomic E-state index is 15.1. The average Bonchev–Trinajstić information content (AvgIpc) is 2.78. The van der Waals surface area contributed by atoms with Crippen LogP contribution in [0.25, 0.3) is 0 Å². The Morgan fingerprint density at radius 3 is 1.08 bits per heavy atom. The smallest absolute Gasteiger partial charge is 0.411 e. The van der Waals surface area contributed by atoms with Gasteiger partial charge in [-0.25, -0.2) is 0 Å². The molecule has 0 aromatic heterocycles. The van der Waals surface area contributed by atoms with Crippen molar-refractivity contribution >= 4 is 0 Å². The lowest BCUT2D eigenvalue weighted by molar-refractivity contribution is -0.288. The average molecular weight is 533 g/mol. The summed E-state index contributed by atoms with van der Waals surface area (Å²) in [6.07, 6.45) is -10.7. The highest BCUT2D eigenvalue weighted by molar-refractivity contribution is 5.57. The van der Waals surface area contributed by atoms with Crippen molar-refractivity contribution in [1.29, 1.82) is 0 Å². The summed E-state index contributed by atoms with van der Waals surface area (Å²) in [5.74, 6) is -0.576. The Hall–Kier alpha value is -2.38. The molecule has 0 aliphatic rings. The molecule has 208 valence electrons. The lowest BCUT2D eigenvalue weighted by atomic mass is 9.68. The molecule has 2 N–H and O–H groups in total. The summed E-state index contributed by atoms with van der Waals surface area (Å²) >= 11 is 0. The number of aryl methyl sites for hydroxylation is 2. The standard InChI is InChI=1S/C29H38F6O2/c1-9-17-13-19(15-21(23(17)36)25(5,6)11-3)27(28(30,31)32,29(33,34)35)20-14-18(10-2)24(37)22(16-20)26(7,8)12-4/h13-16,36-37H,9-12H2,1-8H3. The van der Waals surface area contributed by atoms with Crippen molar-refractivity contribution < 1.29 is 36.6 Å². The number of alkyl halides is 6. The van der Waals surface area contributed by atoms with Crippen molar-refractivity contribution in [2.24, 2.45) is 0 Å². The summed E-state index contributed by atoms with van der Waals surface area (Å²) in [7, 11) is 0. The Kier molecular flexibility index (Phi) is 8.39. The lowest BCUT2D eigenvalue weighted by Crippen LogP contribution is -2.55. The maximum Gasteiger partial charge on any atom is 0.411 e. The number of phenols is 2. The summed E-state index contributed by atoms with van der Waals surface area (Å²) in [4.78, 5) is 0. The van der Waals surface area contributed by atoms with Gasteiger partial charge >= 0.3 is 12.4 Å². The molecule has 0 atom stereocenters. The minimum atomic E-state index is -5.78. The Morgan fingerprint density at radius 1 is 0.568 bits per heavy atom. The van der Waals surface area contributed by atoms with E-state index in [1.807, 2.05) is 0 Å². The van der Waals surface area contributed by atoms with E-state index in [9.17, 15) is 10.2 Å². The molecule has 2 nitrogen and oxygen atoms in total. The Morgan fingerprint density at radius 2 is 0.865 bits per heavy atom. The van der Waals surface area contributed by atoms with Crippen LogP contribution in [0.1, 0.15) is 102 Å². The van der Waals surface area contributed by atoms with Crippen LogP contribution < -0.4 is 0 Å². The third-order valence-corrected chi connectivity index (χ3v) is 8.08. The molecular weight excluding hydrogens is 494 g/mol. The van der Waals surface area contributed by atoms with Crippen LogP contribution in [-0.4, -0.2) is 22.6 Å². The van der Waals surface area contributed by atoms with Crippen LogP contribution in [0.15, 0.2) is 24.3 Å². The van der Waals surface area contributed by atoms with Crippen molar-refractivity contribution in [2.45, 2.75) is 110 Å². The van der Waals surface area contributed by atoms with Gasteiger partial charge in [0.05, 0.1) is 0 Å². The Labute approximate surface area is 215 Å². The van der Waals surface area contributed by atoms with Crippen LogP contribution in [0.5, 0.6) is 11.5 Å². The van der Waals surface area contributed by atoms with Gasteiger partial charge in [0.15, 0.2) is 0 Å². The quantitative estimate of drug-likeness (QED) is 0.333. The normalized spacial score (nSPS) is 13.8. The van der Waals surface area contributed by atoms with E-state index in [1.165, 1.54) is 0 Å². The molecule has 2 rings (SSSR count). The van der Waals surface area contributed by atoms with Crippen molar-refractivity contribution in [3.63, 3.8) is 0 Å². The molecule has 0 heterocycles. The number of phenolic OH excluding ortho intramolecular Hbond substituents is 2. The lowest BCUT2D eigenvalue weighted by Gasteiger charge is -2.40. The molecule has 37 heavy (non-hydrogen) atoms. The summed E-state index contributed by atoms with van der Waals surface area (Å²) in [5.41, 5.74) is -8.05. The van der Waals surface area contributed by atoms with Crippen LogP contribution in [0.2, 0.25) is 0 Å². The zero-order valence-corrected chi connectivity index (χ0v) is 22.8. The summed E-state index contributed by atoms with van der Waals surface area (Å²) in [5, 5.41) is 21.7. The van der Waals surface area contributed by atoms with Crippen molar-refractivity contribution in [2.75, 3.05) is 0 Å². The fourth-order valence-corrected chi connectivity index (χ4v) is 4.76. The third-order valence-electron chi connectivity index (χ3n) is 8.08. The molecule has 0 saturated heterocycles. The van der Waals surface area contributed by atoms with Crippen molar-refractivity contribution in [3.8, 4) is 11.5 Å². The minimum absolute atomic E-state index is 0.00973. The van der Waals surface area contributed by atoms with Gasteiger partial charge in [0.1, 0.15) is 11.5 Å². The first-order chi connectivity index (χ1) is 16.8. The van der Waals surface area contributed by atoms with E-state index in [-0.39, 0.29) is 46.6 Å². The molecule has 0 spiro atoms. The molecule has 0 bridgehead atoms. The summed E-state index contributed by atoms with van der Waals surface area (Å²) in [6.45, 7) is 13.3. The molecule has 8 heteroatoms. The largest absolute Gasteiger partial charge is 0.507 e. The van der Waals surface area contributed by atoms with Gasteiger partial charge in [0.25, 0.3) is 0 Å². The molecule has 2 aromatic carbocycles. The van der Waals surface area contributed by atoms with E-state index in [1.54, 1.807) is 55.4 Å². The van der Waals surface area contributed by atoms with Crippen LogP contribution in [0.4, 0.5) is 26.3 Å². The van der Waals surface area contributed by atoms with Gasteiger partial charge in [0, 0.05) is 11.1 Å². The first-order valence-electron chi connectivity index (χ1n) is 12.6. The van der Waals surface area contributed by atoms with Crippen molar-refractivity contribution in [1.82, 2.24) is 0 Å². The number of rotatable bonds is 8. The van der Waals surface area contributed by atoms with Gasteiger partial charge in [0.2, 0.25) is 5.41 Å². The summed E-state index contributed by atoms with van der Waals surface area (Å²) < 4.78 is 90.5. The first-order valence-corrected chi connectivity index (χ1v) is 12.6. The number of hydrogen-bond acceptors (Lipinski definition) is 2. The predicted molar refractivity (Wildman–Crippen MR) is 134 cm³/mol. The molecule has 0 unspecified atom stereocenters. The Bertz CT molecular complexity index is 1040. The van der Waals surface area contributed by atoms with E-state index in [2.05, 4.69) is 0 Å². The zero-order chi connectivity index (χ0) is 28.8. The molecule has 0 aliphatic carbocycles. The Balaban J connectivity index is 3.26. The highest BCUT2D eigenvalue weighted by Gasteiger charge is 2.73. The van der Waals surface area contributed by atoms with Crippen LogP contribution >= 0.6 is 0 Å². The van der Waals surface area contributed by atoms with Crippen LogP contribution in [-0.2, 0) is 29.1 Å². The molecule has 0 fully saturated rings. The fraction of sp³-hybridized carbons (Fsp3) is 0.586. The first kappa shape index (κ1) is 30.8. The third kappa shape index (κ3) is 5.05. The van der Waals surface area contributed by atoms with E-state index in [0.717, 1.165) is 24.3 Å². The van der Waals surface area contributed by atoms with Gasteiger partial charge in [-0.05, 0) is 70.9 Å². The van der Waals surface area contributed by atoms with E-state index in [0.29, 0.717) is 12.8 Å². The topological polar surface area (TPSA) is 40.5 Å². The van der Waals surface area contributed by atoms with Crippen LogP contribution in [0.3, 0.4) is 0 Å². The minimum Gasteiger partial charge on any atom is -0.507 e. The SMILES string of the molecule is CCc1cc(C(c2cc(CC)c(O)c(C(C)(C)CC)c2)(C(F)(F)F)C(F)(F)F)cc(C(C)(C)CC)c1O. The molecular formula is C29H38F6O2. The molecule has 0 radical (unpaired) electrons. The van der Waals surface area contributed by atoms with Crippen LogP contribution in [0, 0.1) is 0 Å². The van der Waals surface area contributed by atoms with Crippen molar-refractivity contribution in [3.05, 3.63) is 57.6 Å². The fourth-order valence-electron chi connectivity index (χ4n) is 4.76. The van der Waals surface area contributed by atoms with E-state index >= 15 is 26.3 Å². The summed E-state index contributed by atoms with van der Waals surface area (Å²) in [6, 6.07) is 3.38. The number of halogens is 6. The predicted octanol–water partition coefficient (Wildman–Crippen LogP) is 9.01. The van der Waals surface area contributed by atoms with Gasteiger partial charge < -0.3 is 10.2 Å². The molecule has 0 aliphatic heterocycles. The van der Waals surface area contributed by atoms with Gasteiger partial charge in [-0.2, -0.15) is 26.3 Å². The van der Waals surface area contributed by atoms with Gasteiger partial charge in [-0.15, -0.1) is 0 Å². The monoisotopic (exact) mass is 532 g/mol. The number of hydrogen-bond donors (Lipinski definition) is 2. The zero-order valence-electron chi connectivity index (χ0n) is 22.8. The second-order valence-electron chi connectivity index (χ2n) is 11.0. The molecule has 2 aromatic rings. The van der Waals surface area contributed by atoms with Gasteiger partial charge in [-0.3, -0.25) is 0 Å². The van der Waals surface area contributed by atoms with E-state index < -0.39 is 39.7 Å². The second-order valence-corrected chi connectivity index (χ2v) is 11.0. The number of aromatic hydroxyl groups is 2. The highest BCUT2D eigenvalue weighted by atomic mass is 19.4.